The van der Waals surface area contributed by atoms with Crippen molar-refractivity contribution in [2.75, 3.05) is 24.6 Å². The summed E-state index contributed by atoms with van der Waals surface area (Å²) in [6.45, 7) is -0.783. The van der Waals surface area contributed by atoms with Crippen molar-refractivity contribution in [3.63, 3.8) is 0 Å². The van der Waals surface area contributed by atoms with Gasteiger partial charge < -0.3 is 0 Å². The van der Waals surface area contributed by atoms with Gasteiger partial charge in [-0.3, -0.25) is 14.9 Å². The van der Waals surface area contributed by atoms with Gasteiger partial charge in [-0.05, 0) is 12.8 Å². The average Bonchev–Trinajstić information content (AvgIpc) is 2.27. The molecule has 0 aliphatic carbocycles. The van der Waals surface area contributed by atoms with Crippen LogP contribution in [0.3, 0.4) is 0 Å². The summed E-state index contributed by atoms with van der Waals surface area (Å²) in [5.74, 6) is -1.68. The van der Waals surface area contributed by atoms with Gasteiger partial charge in [0.25, 0.3) is 0 Å². The molecule has 0 bridgehead atoms. The Hall–Kier alpha value is -1.00. The van der Waals surface area contributed by atoms with Crippen molar-refractivity contribution in [3.05, 3.63) is 0 Å². The molecule has 2 saturated heterocycles. The molecule has 19 heavy (non-hydrogen) atoms. The molecule has 2 aliphatic rings. The molecule has 0 aromatic heterocycles. The highest BCUT2D eigenvalue weighted by Gasteiger charge is 2.39. The summed E-state index contributed by atoms with van der Waals surface area (Å²) in [6, 6.07) is 0. The van der Waals surface area contributed by atoms with E-state index in [0.717, 1.165) is 4.31 Å². The summed E-state index contributed by atoms with van der Waals surface area (Å²) in [4.78, 5) is 22.4. The predicted molar refractivity (Wildman–Crippen MR) is 65.3 cm³/mol. The van der Waals surface area contributed by atoms with Crippen molar-refractivity contribution in [3.8, 4) is 0 Å². The summed E-state index contributed by atoms with van der Waals surface area (Å²) in [7, 11) is -6.97. The van der Waals surface area contributed by atoms with Gasteiger partial charge >= 0.3 is 0 Å². The van der Waals surface area contributed by atoms with E-state index in [1.54, 1.807) is 0 Å². The lowest BCUT2D eigenvalue weighted by Crippen LogP contribution is -2.55. The van der Waals surface area contributed by atoms with Gasteiger partial charge in [0.2, 0.25) is 21.8 Å². The van der Waals surface area contributed by atoms with Gasteiger partial charge in [0.05, 0.1) is 29.8 Å². The third-order valence-corrected chi connectivity index (χ3v) is 7.21. The number of nitrogens with one attached hydrogen (secondary N) is 1. The quantitative estimate of drug-likeness (QED) is 0.581. The first-order valence-corrected chi connectivity index (χ1v) is 9.05. The molecule has 2 rings (SSSR count). The number of nitrogens with zero attached hydrogens (tertiary/aromatic N) is 1. The summed E-state index contributed by atoms with van der Waals surface area (Å²) >= 11 is 0. The van der Waals surface area contributed by atoms with Crippen LogP contribution < -0.4 is 5.32 Å². The number of hydrogen-bond acceptors (Lipinski definition) is 6. The van der Waals surface area contributed by atoms with Gasteiger partial charge in [0.1, 0.15) is 9.84 Å². The molecular formula is C9H14N2O6S2. The second kappa shape index (κ2) is 4.84. The molecule has 2 aliphatic heterocycles. The van der Waals surface area contributed by atoms with E-state index in [4.69, 9.17) is 0 Å². The van der Waals surface area contributed by atoms with Crippen LogP contribution in [0.25, 0.3) is 0 Å². The molecule has 8 nitrogen and oxygen atoms in total. The van der Waals surface area contributed by atoms with Crippen molar-refractivity contribution in [2.45, 2.75) is 18.1 Å². The fourth-order valence-electron chi connectivity index (χ4n) is 2.17. The third kappa shape index (κ3) is 3.12. The largest absolute Gasteiger partial charge is 0.294 e. The molecule has 2 amide bonds. The van der Waals surface area contributed by atoms with Gasteiger partial charge in [-0.2, -0.15) is 4.31 Å². The highest BCUT2D eigenvalue weighted by Crippen LogP contribution is 2.22. The average molecular weight is 310 g/mol. The fourth-order valence-corrected chi connectivity index (χ4v) is 5.81. The molecule has 2 fully saturated rings. The number of piperazine rings is 1. The van der Waals surface area contributed by atoms with Crippen molar-refractivity contribution in [1.82, 2.24) is 9.62 Å². The molecule has 2 heterocycles. The highest BCUT2D eigenvalue weighted by atomic mass is 32.2. The number of carbonyl (C=O) groups excluding carboxylic acids is 2. The molecule has 0 atom stereocenters. The Morgan fingerprint density at radius 3 is 2.00 bits per heavy atom. The number of amides is 2. The smallest absolute Gasteiger partial charge is 0.241 e. The zero-order valence-electron chi connectivity index (χ0n) is 10.0. The number of sulfone groups is 1. The van der Waals surface area contributed by atoms with Crippen LogP contribution in [-0.2, 0) is 29.4 Å². The van der Waals surface area contributed by atoms with Crippen molar-refractivity contribution < 1.29 is 26.4 Å². The molecule has 1 N–H and O–H groups in total. The lowest BCUT2D eigenvalue weighted by molar-refractivity contribution is -0.134. The molecule has 0 spiro atoms. The number of rotatable bonds is 2. The number of hydrogen-bond donors (Lipinski definition) is 1. The van der Waals surface area contributed by atoms with Crippen LogP contribution in [0.2, 0.25) is 0 Å². The summed E-state index contributed by atoms with van der Waals surface area (Å²) in [6.07, 6.45) is 0.0218. The lowest BCUT2D eigenvalue weighted by atomic mass is 10.2. The van der Waals surface area contributed by atoms with Gasteiger partial charge in [-0.15, -0.1) is 0 Å². The maximum Gasteiger partial charge on any atom is 0.241 e. The van der Waals surface area contributed by atoms with E-state index >= 15 is 0 Å². The minimum absolute atomic E-state index is 0.0109. The Kier molecular flexibility index (Phi) is 3.67. The van der Waals surface area contributed by atoms with Gasteiger partial charge in [-0.25, -0.2) is 16.8 Å². The number of imide groups is 1. The molecule has 108 valence electrons. The Morgan fingerprint density at radius 2 is 1.53 bits per heavy atom. The van der Waals surface area contributed by atoms with E-state index in [9.17, 15) is 26.4 Å². The summed E-state index contributed by atoms with van der Waals surface area (Å²) in [5.41, 5.74) is 0. The molecule has 0 unspecified atom stereocenters. The summed E-state index contributed by atoms with van der Waals surface area (Å²) in [5, 5.41) is 1.18. The van der Waals surface area contributed by atoms with E-state index in [1.807, 2.05) is 5.32 Å². The molecular weight excluding hydrogens is 296 g/mol. The van der Waals surface area contributed by atoms with Crippen LogP contribution in [0.15, 0.2) is 0 Å². The first-order valence-electron chi connectivity index (χ1n) is 5.73. The second-order valence-corrected chi connectivity index (χ2v) is 9.15. The van der Waals surface area contributed by atoms with Crippen LogP contribution in [-0.4, -0.2) is 62.8 Å². The standard InChI is InChI=1S/C9H14N2O6S2/c12-8-5-11(6-9(13)10-8)19(16,17)7-1-3-18(14,15)4-2-7/h7H,1-6H2,(H,10,12,13). The Balaban J connectivity index is 2.14. The maximum absolute atomic E-state index is 12.2. The Morgan fingerprint density at radius 1 is 1.05 bits per heavy atom. The zero-order valence-corrected chi connectivity index (χ0v) is 11.7. The first-order chi connectivity index (χ1) is 8.71. The van der Waals surface area contributed by atoms with Crippen LogP contribution in [0.1, 0.15) is 12.8 Å². The SMILES string of the molecule is O=C1CN(S(=O)(=O)C2CCS(=O)(=O)CC2)CC(=O)N1. The maximum atomic E-state index is 12.2. The van der Waals surface area contributed by atoms with Gasteiger partial charge in [-0.1, -0.05) is 0 Å². The minimum atomic E-state index is -3.81. The Bertz CT molecular complexity index is 579. The molecule has 10 heteroatoms. The minimum Gasteiger partial charge on any atom is -0.294 e. The number of carbonyl (C=O) groups is 2. The second-order valence-electron chi connectivity index (χ2n) is 4.64. The van der Waals surface area contributed by atoms with E-state index in [-0.39, 0.29) is 24.3 Å². The molecule has 0 aromatic carbocycles. The molecule has 0 aromatic rings. The van der Waals surface area contributed by atoms with Crippen molar-refractivity contribution in [1.29, 1.82) is 0 Å². The van der Waals surface area contributed by atoms with Gasteiger partial charge in [0, 0.05) is 0 Å². The predicted octanol–water partition coefficient (Wildman–Crippen LogP) is -2.15. The zero-order chi connectivity index (χ0) is 14.3. The fraction of sp³-hybridized carbons (Fsp3) is 0.778. The van der Waals surface area contributed by atoms with Crippen LogP contribution in [0.5, 0.6) is 0 Å². The van der Waals surface area contributed by atoms with E-state index in [1.165, 1.54) is 0 Å². The topological polar surface area (TPSA) is 118 Å². The van der Waals surface area contributed by atoms with Crippen LogP contribution in [0, 0.1) is 0 Å². The normalized spacial score (nSPS) is 26.1. The van der Waals surface area contributed by atoms with Crippen molar-refractivity contribution in [2.24, 2.45) is 0 Å². The third-order valence-electron chi connectivity index (χ3n) is 3.20. The van der Waals surface area contributed by atoms with E-state index in [2.05, 4.69) is 0 Å². The van der Waals surface area contributed by atoms with Crippen molar-refractivity contribution >= 4 is 31.7 Å². The molecule has 0 saturated carbocycles. The van der Waals surface area contributed by atoms with E-state index < -0.39 is 50.0 Å². The lowest BCUT2D eigenvalue weighted by Gasteiger charge is -2.30. The molecule has 0 radical (unpaired) electrons. The van der Waals surface area contributed by atoms with Gasteiger partial charge in [0.15, 0.2) is 0 Å². The van der Waals surface area contributed by atoms with Crippen LogP contribution >= 0.6 is 0 Å². The van der Waals surface area contributed by atoms with Crippen LogP contribution in [0.4, 0.5) is 0 Å². The highest BCUT2D eigenvalue weighted by molar-refractivity contribution is 7.92. The summed E-state index contributed by atoms with van der Waals surface area (Å²) < 4.78 is 47.9. The first kappa shape index (κ1) is 14.4. The Labute approximate surface area is 111 Å². The van der Waals surface area contributed by atoms with E-state index in [0.29, 0.717) is 0 Å². The monoisotopic (exact) mass is 310 g/mol. The number of sulfonamides is 1.